The molecule has 1 aliphatic heterocycles. The number of thioether (sulfide) groups is 1. The van der Waals surface area contributed by atoms with Gasteiger partial charge in [-0.2, -0.15) is 0 Å². The summed E-state index contributed by atoms with van der Waals surface area (Å²) in [5, 5.41) is 6.29. The maximum absolute atomic E-state index is 13.7. The number of ether oxygens (including phenoxy) is 1. The largest absolute Gasteiger partial charge is 0.493 e. The quantitative estimate of drug-likeness (QED) is 0.753. The Hall–Kier alpha value is -2.18. The van der Waals surface area contributed by atoms with E-state index in [0.717, 1.165) is 5.56 Å². The Morgan fingerprint density at radius 2 is 2.16 bits per heavy atom. The summed E-state index contributed by atoms with van der Waals surface area (Å²) in [5.74, 6) is 0.0443. The summed E-state index contributed by atoms with van der Waals surface area (Å²) in [6.45, 7) is 2.39. The zero-order valence-corrected chi connectivity index (χ0v) is 15.0. The van der Waals surface area contributed by atoms with Crippen LogP contribution in [0.4, 0.5) is 10.1 Å². The molecule has 1 aliphatic rings. The summed E-state index contributed by atoms with van der Waals surface area (Å²) < 4.78 is 19.3. The fourth-order valence-electron chi connectivity index (χ4n) is 2.35. The van der Waals surface area contributed by atoms with Crippen LogP contribution in [-0.4, -0.2) is 18.0 Å². The summed E-state index contributed by atoms with van der Waals surface area (Å²) >= 11 is 7.32. The van der Waals surface area contributed by atoms with Gasteiger partial charge in [0.05, 0.1) is 17.2 Å². The van der Waals surface area contributed by atoms with E-state index in [4.69, 9.17) is 16.3 Å². The van der Waals surface area contributed by atoms with Crippen molar-refractivity contribution >= 4 is 41.0 Å². The van der Waals surface area contributed by atoms with Crippen molar-refractivity contribution in [2.24, 2.45) is 0 Å². The standard InChI is InChI=1S/C18H16ClFN2O2S/c1-2-24-15-8-7-12(19)9-11(15)10-16-17(23)22-18(25-16)21-14-6-4-3-5-13(14)20/h3-10,18,21H,2H2,1H3,(H,22,23)/b16-10-. The third kappa shape index (κ3) is 4.27. The van der Waals surface area contributed by atoms with Gasteiger partial charge in [0, 0.05) is 10.6 Å². The zero-order valence-electron chi connectivity index (χ0n) is 13.4. The number of nitrogens with one attached hydrogen (secondary N) is 2. The first-order valence-electron chi connectivity index (χ1n) is 7.69. The number of carbonyl (C=O) groups excluding carboxylic acids is 1. The average Bonchev–Trinajstić information content (AvgIpc) is 2.92. The Labute approximate surface area is 154 Å². The number of hydrogen-bond donors (Lipinski definition) is 2. The van der Waals surface area contributed by atoms with Crippen molar-refractivity contribution in [1.29, 1.82) is 0 Å². The first-order chi connectivity index (χ1) is 12.1. The number of anilines is 1. The molecule has 1 saturated heterocycles. The smallest absolute Gasteiger partial charge is 0.260 e. The van der Waals surface area contributed by atoms with Crippen LogP contribution in [0.3, 0.4) is 0 Å². The number of amides is 1. The first kappa shape index (κ1) is 17.6. The van der Waals surface area contributed by atoms with Gasteiger partial charge in [0.25, 0.3) is 5.91 Å². The normalized spacial score (nSPS) is 18.3. The minimum Gasteiger partial charge on any atom is -0.493 e. The lowest BCUT2D eigenvalue weighted by Crippen LogP contribution is -2.31. The number of rotatable bonds is 5. The molecule has 0 bridgehead atoms. The van der Waals surface area contributed by atoms with E-state index in [0.29, 0.717) is 28.0 Å². The van der Waals surface area contributed by atoms with Crippen LogP contribution in [0.5, 0.6) is 5.75 Å². The highest BCUT2D eigenvalue weighted by molar-refractivity contribution is 8.05. The SMILES string of the molecule is CCOc1ccc(Cl)cc1/C=C1\SC(Nc2ccccc2F)NC1=O. The molecule has 0 radical (unpaired) electrons. The van der Waals surface area contributed by atoms with E-state index in [9.17, 15) is 9.18 Å². The van der Waals surface area contributed by atoms with Crippen LogP contribution in [0.2, 0.25) is 5.02 Å². The van der Waals surface area contributed by atoms with Crippen molar-refractivity contribution in [2.75, 3.05) is 11.9 Å². The lowest BCUT2D eigenvalue weighted by molar-refractivity contribution is -0.116. The van der Waals surface area contributed by atoms with Gasteiger partial charge < -0.3 is 15.4 Å². The van der Waals surface area contributed by atoms with Crippen molar-refractivity contribution in [3.05, 3.63) is 63.8 Å². The Morgan fingerprint density at radius 3 is 2.92 bits per heavy atom. The molecule has 1 amide bonds. The maximum Gasteiger partial charge on any atom is 0.260 e. The highest BCUT2D eigenvalue weighted by atomic mass is 35.5. The summed E-state index contributed by atoms with van der Waals surface area (Å²) in [5.41, 5.74) is 0.600. The number of para-hydroxylation sites is 1. The molecule has 3 rings (SSSR count). The Bertz CT molecular complexity index is 828. The van der Waals surface area contributed by atoms with Gasteiger partial charge in [0.1, 0.15) is 11.6 Å². The van der Waals surface area contributed by atoms with Crippen LogP contribution >= 0.6 is 23.4 Å². The molecule has 0 saturated carbocycles. The fourth-order valence-corrected chi connectivity index (χ4v) is 3.49. The van der Waals surface area contributed by atoms with E-state index in [1.807, 2.05) is 6.92 Å². The molecular weight excluding hydrogens is 363 g/mol. The molecule has 1 heterocycles. The van der Waals surface area contributed by atoms with Crippen LogP contribution in [0.1, 0.15) is 12.5 Å². The molecular formula is C18H16ClFN2O2S. The minimum absolute atomic E-state index is 0.235. The Kier molecular flexibility index (Phi) is 5.50. The molecule has 0 aromatic heterocycles. The van der Waals surface area contributed by atoms with Crippen LogP contribution in [0, 0.1) is 5.82 Å². The van der Waals surface area contributed by atoms with Crippen molar-refractivity contribution < 1.29 is 13.9 Å². The lowest BCUT2D eigenvalue weighted by atomic mass is 10.2. The second-order valence-electron chi connectivity index (χ2n) is 5.22. The van der Waals surface area contributed by atoms with Crippen molar-refractivity contribution in [3.63, 3.8) is 0 Å². The van der Waals surface area contributed by atoms with Gasteiger partial charge >= 0.3 is 0 Å². The molecule has 1 unspecified atom stereocenters. The molecule has 7 heteroatoms. The van der Waals surface area contributed by atoms with Crippen molar-refractivity contribution in [2.45, 2.75) is 12.4 Å². The van der Waals surface area contributed by atoms with Gasteiger partial charge in [-0.25, -0.2) is 4.39 Å². The van der Waals surface area contributed by atoms with Crippen LogP contribution in [-0.2, 0) is 4.79 Å². The minimum atomic E-state index is -0.453. The van der Waals surface area contributed by atoms with E-state index >= 15 is 0 Å². The molecule has 0 spiro atoms. The second-order valence-corrected chi connectivity index (χ2v) is 6.80. The predicted molar refractivity (Wildman–Crippen MR) is 100 cm³/mol. The molecule has 2 N–H and O–H groups in total. The number of halogens is 2. The number of hydrogen-bond acceptors (Lipinski definition) is 4. The van der Waals surface area contributed by atoms with Crippen LogP contribution in [0.25, 0.3) is 6.08 Å². The maximum atomic E-state index is 13.7. The van der Waals surface area contributed by atoms with Gasteiger partial charge in [0.15, 0.2) is 5.50 Å². The predicted octanol–water partition coefficient (Wildman–Crippen LogP) is 4.48. The van der Waals surface area contributed by atoms with Gasteiger partial charge in [-0.15, -0.1) is 0 Å². The average molecular weight is 379 g/mol. The third-order valence-corrected chi connectivity index (χ3v) is 4.71. The highest BCUT2D eigenvalue weighted by Gasteiger charge is 2.28. The van der Waals surface area contributed by atoms with E-state index in [2.05, 4.69) is 10.6 Å². The third-order valence-electron chi connectivity index (χ3n) is 3.45. The molecule has 4 nitrogen and oxygen atoms in total. The zero-order chi connectivity index (χ0) is 17.8. The molecule has 2 aromatic carbocycles. The van der Waals surface area contributed by atoms with Gasteiger partial charge in [-0.05, 0) is 43.3 Å². The topological polar surface area (TPSA) is 50.4 Å². The molecule has 25 heavy (non-hydrogen) atoms. The summed E-state index contributed by atoms with van der Waals surface area (Å²) in [4.78, 5) is 12.7. The molecule has 2 aromatic rings. The lowest BCUT2D eigenvalue weighted by Gasteiger charge is -2.13. The summed E-state index contributed by atoms with van der Waals surface area (Å²) in [7, 11) is 0. The highest BCUT2D eigenvalue weighted by Crippen LogP contribution is 2.33. The molecule has 130 valence electrons. The van der Waals surface area contributed by atoms with E-state index in [1.165, 1.54) is 17.8 Å². The Balaban J connectivity index is 1.80. The number of carbonyl (C=O) groups is 1. The van der Waals surface area contributed by atoms with Crippen LogP contribution < -0.4 is 15.4 Å². The van der Waals surface area contributed by atoms with E-state index < -0.39 is 5.50 Å². The molecule has 0 aliphatic carbocycles. The van der Waals surface area contributed by atoms with Crippen molar-refractivity contribution in [1.82, 2.24) is 5.32 Å². The van der Waals surface area contributed by atoms with Gasteiger partial charge in [-0.3, -0.25) is 4.79 Å². The fraction of sp³-hybridized carbons (Fsp3) is 0.167. The van der Waals surface area contributed by atoms with Gasteiger partial charge in [0.2, 0.25) is 0 Å². The summed E-state index contributed by atoms with van der Waals surface area (Å²) in [6.07, 6.45) is 1.72. The van der Waals surface area contributed by atoms with Crippen molar-refractivity contribution in [3.8, 4) is 5.75 Å². The molecule has 1 fully saturated rings. The number of benzene rings is 2. The second kappa shape index (κ2) is 7.80. The molecule has 1 atom stereocenters. The Morgan fingerprint density at radius 1 is 1.36 bits per heavy atom. The van der Waals surface area contributed by atoms with Crippen LogP contribution in [0.15, 0.2) is 47.4 Å². The monoisotopic (exact) mass is 378 g/mol. The summed E-state index contributed by atoms with van der Waals surface area (Å²) in [6, 6.07) is 11.6. The first-order valence-corrected chi connectivity index (χ1v) is 8.95. The van der Waals surface area contributed by atoms with E-state index in [-0.39, 0.29) is 11.7 Å². The van der Waals surface area contributed by atoms with Gasteiger partial charge in [-0.1, -0.05) is 35.5 Å². The van der Waals surface area contributed by atoms with E-state index in [1.54, 1.807) is 42.5 Å².